The minimum absolute atomic E-state index is 0.209. The Kier molecular flexibility index (Phi) is 5.39. The number of methoxy groups -OCH3 is 1. The van der Waals surface area contributed by atoms with Gasteiger partial charge in [0.15, 0.2) is 5.78 Å². The second kappa shape index (κ2) is 6.83. The third-order valence-corrected chi connectivity index (χ3v) is 5.60. The lowest BCUT2D eigenvalue weighted by Gasteiger charge is -2.28. The Balaban J connectivity index is 1.99. The summed E-state index contributed by atoms with van der Waals surface area (Å²) >= 11 is 5.11. The van der Waals surface area contributed by atoms with E-state index in [4.69, 9.17) is 4.74 Å². The topological polar surface area (TPSA) is 26.3 Å². The van der Waals surface area contributed by atoms with Gasteiger partial charge in [0, 0.05) is 22.9 Å². The van der Waals surface area contributed by atoms with E-state index >= 15 is 0 Å². The first kappa shape index (κ1) is 14.2. The van der Waals surface area contributed by atoms with Gasteiger partial charge in [-0.15, -0.1) is 11.3 Å². The molecule has 0 saturated heterocycles. The van der Waals surface area contributed by atoms with Gasteiger partial charge in [-0.3, -0.25) is 4.79 Å². The van der Waals surface area contributed by atoms with Crippen LogP contribution in [0, 0.1) is 5.92 Å². The van der Waals surface area contributed by atoms with E-state index in [-0.39, 0.29) is 11.9 Å². The largest absolute Gasteiger partial charge is 0.373 e. The highest BCUT2D eigenvalue weighted by Gasteiger charge is 2.29. The van der Waals surface area contributed by atoms with Gasteiger partial charge < -0.3 is 4.74 Å². The zero-order valence-corrected chi connectivity index (χ0v) is 13.1. The van der Waals surface area contributed by atoms with Crippen LogP contribution in [0.3, 0.4) is 0 Å². The number of ketones is 1. The van der Waals surface area contributed by atoms with Crippen LogP contribution in [0.15, 0.2) is 15.9 Å². The molecule has 1 aromatic rings. The van der Waals surface area contributed by atoms with Crippen LogP contribution in [0.2, 0.25) is 0 Å². The van der Waals surface area contributed by atoms with Gasteiger partial charge in [-0.05, 0) is 46.1 Å². The number of halogens is 1. The van der Waals surface area contributed by atoms with Crippen LogP contribution < -0.4 is 0 Å². The Bertz CT molecular complexity index is 396. The Hall–Kier alpha value is -0.190. The van der Waals surface area contributed by atoms with Crippen molar-refractivity contribution in [1.29, 1.82) is 0 Å². The minimum atomic E-state index is -0.209. The predicted molar refractivity (Wildman–Crippen MR) is 78.1 cm³/mol. The number of rotatable bonds is 5. The summed E-state index contributed by atoms with van der Waals surface area (Å²) in [5.41, 5.74) is 0. The Morgan fingerprint density at radius 1 is 1.50 bits per heavy atom. The second-order valence-electron chi connectivity index (χ2n) is 4.89. The number of ether oxygens (including phenoxy) is 1. The van der Waals surface area contributed by atoms with Crippen LogP contribution in [-0.2, 0) is 16.0 Å². The van der Waals surface area contributed by atoms with Crippen molar-refractivity contribution >= 4 is 33.0 Å². The van der Waals surface area contributed by atoms with Crippen LogP contribution in [0.1, 0.15) is 37.0 Å². The number of hydrogen-bond acceptors (Lipinski definition) is 3. The summed E-state index contributed by atoms with van der Waals surface area (Å²) in [5, 5.41) is 2.01. The van der Waals surface area contributed by atoms with E-state index in [1.807, 2.05) is 11.4 Å². The molecule has 18 heavy (non-hydrogen) atoms. The van der Waals surface area contributed by atoms with Gasteiger partial charge in [-0.25, -0.2) is 0 Å². The first-order chi connectivity index (χ1) is 8.72. The minimum Gasteiger partial charge on any atom is -0.373 e. The lowest BCUT2D eigenvalue weighted by Crippen LogP contribution is -2.34. The van der Waals surface area contributed by atoms with Crippen LogP contribution in [0.5, 0.6) is 0 Å². The fraction of sp³-hybridized carbons (Fsp3) is 0.643. The molecule has 1 aromatic heterocycles. The SMILES string of the molecule is COC(C(=O)Cc1sccc1Br)C1CCCCC1. The molecule has 0 spiro atoms. The van der Waals surface area contributed by atoms with Crippen molar-refractivity contribution in [3.63, 3.8) is 0 Å². The average Bonchev–Trinajstić information content (AvgIpc) is 2.77. The monoisotopic (exact) mass is 330 g/mol. The highest BCUT2D eigenvalue weighted by Crippen LogP contribution is 2.30. The third-order valence-electron chi connectivity index (χ3n) is 3.68. The summed E-state index contributed by atoms with van der Waals surface area (Å²) in [6.07, 6.45) is 6.33. The fourth-order valence-corrected chi connectivity index (χ4v) is 4.24. The van der Waals surface area contributed by atoms with Crippen LogP contribution in [0.4, 0.5) is 0 Å². The molecule has 1 unspecified atom stereocenters. The third kappa shape index (κ3) is 3.43. The lowest BCUT2D eigenvalue weighted by atomic mass is 9.83. The Labute approximate surface area is 121 Å². The summed E-state index contributed by atoms with van der Waals surface area (Å²) in [6, 6.07) is 2.00. The molecule has 0 radical (unpaired) electrons. The molecule has 1 aliphatic rings. The molecule has 2 nitrogen and oxygen atoms in total. The van der Waals surface area contributed by atoms with Gasteiger partial charge >= 0.3 is 0 Å². The molecule has 100 valence electrons. The van der Waals surface area contributed by atoms with E-state index in [0.29, 0.717) is 12.3 Å². The van der Waals surface area contributed by atoms with Crippen LogP contribution >= 0.6 is 27.3 Å². The van der Waals surface area contributed by atoms with Gasteiger partial charge in [0.25, 0.3) is 0 Å². The zero-order chi connectivity index (χ0) is 13.0. The zero-order valence-electron chi connectivity index (χ0n) is 10.7. The van der Waals surface area contributed by atoms with Crippen molar-refractivity contribution < 1.29 is 9.53 Å². The molecule has 1 heterocycles. The van der Waals surface area contributed by atoms with Crippen molar-refractivity contribution in [3.05, 3.63) is 20.8 Å². The number of hydrogen-bond donors (Lipinski definition) is 0. The van der Waals surface area contributed by atoms with E-state index in [2.05, 4.69) is 15.9 Å². The van der Waals surface area contributed by atoms with Crippen molar-refractivity contribution in [2.75, 3.05) is 7.11 Å². The highest BCUT2D eigenvalue weighted by molar-refractivity contribution is 9.10. The smallest absolute Gasteiger partial charge is 0.167 e. The molecule has 1 fully saturated rings. The normalized spacial score (nSPS) is 18.8. The maximum absolute atomic E-state index is 12.4. The molecule has 1 aliphatic carbocycles. The van der Waals surface area contributed by atoms with Crippen molar-refractivity contribution in [2.45, 2.75) is 44.6 Å². The van der Waals surface area contributed by atoms with E-state index < -0.39 is 0 Å². The van der Waals surface area contributed by atoms with E-state index in [1.165, 1.54) is 19.3 Å². The first-order valence-corrected chi connectivity index (χ1v) is 8.17. The number of Topliss-reactive ketones (excluding diaryl/α,β-unsaturated/α-hetero) is 1. The molecule has 0 bridgehead atoms. The average molecular weight is 331 g/mol. The Morgan fingerprint density at radius 3 is 2.78 bits per heavy atom. The number of thiophene rings is 1. The van der Waals surface area contributed by atoms with Crippen molar-refractivity contribution in [1.82, 2.24) is 0 Å². The highest BCUT2D eigenvalue weighted by atomic mass is 79.9. The molecule has 0 amide bonds. The summed E-state index contributed by atoms with van der Waals surface area (Å²) in [6.45, 7) is 0. The summed E-state index contributed by atoms with van der Waals surface area (Å²) in [4.78, 5) is 13.5. The lowest BCUT2D eigenvalue weighted by molar-refractivity contribution is -0.132. The van der Waals surface area contributed by atoms with Crippen molar-refractivity contribution in [2.24, 2.45) is 5.92 Å². The predicted octanol–water partition coefficient (Wildman–Crippen LogP) is 4.22. The van der Waals surface area contributed by atoms with E-state index in [1.54, 1.807) is 18.4 Å². The van der Waals surface area contributed by atoms with Crippen molar-refractivity contribution in [3.8, 4) is 0 Å². The summed E-state index contributed by atoms with van der Waals surface area (Å²) < 4.78 is 6.52. The molecule has 0 N–H and O–H groups in total. The molecule has 1 saturated carbocycles. The maximum Gasteiger partial charge on any atom is 0.167 e. The van der Waals surface area contributed by atoms with Gasteiger partial charge in [-0.2, -0.15) is 0 Å². The number of carbonyl (C=O) groups is 1. The second-order valence-corrected chi connectivity index (χ2v) is 6.74. The molecule has 1 atom stereocenters. The molecule has 4 heteroatoms. The summed E-state index contributed by atoms with van der Waals surface area (Å²) in [5.74, 6) is 0.655. The molecular formula is C14H19BrO2S. The molecule has 2 rings (SSSR count). The van der Waals surface area contributed by atoms with Gasteiger partial charge in [0.05, 0.1) is 0 Å². The van der Waals surface area contributed by atoms with E-state index in [9.17, 15) is 4.79 Å². The first-order valence-electron chi connectivity index (χ1n) is 6.49. The van der Waals surface area contributed by atoms with Gasteiger partial charge in [0.2, 0.25) is 0 Å². The van der Waals surface area contributed by atoms with Crippen LogP contribution in [0.25, 0.3) is 0 Å². The molecular weight excluding hydrogens is 312 g/mol. The molecule has 0 aliphatic heterocycles. The Morgan fingerprint density at radius 2 is 2.22 bits per heavy atom. The quantitative estimate of drug-likeness (QED) is 0.808. The number of carbonyl (C=O) groups excluding carboxylic acids is 1. The van der Waals surface area contributed by atoms with Gasteiger partial charge in [-0.1, -0.05) is 19.3 Å². The van der Waals surface area contributed by atoms with Gasteiger partial charge in [0.1, 0.15) is 6.10 Å². The maximum atomic E-state index is 12.4. The standard InChI is InChI=1S/C14H19BrO2S/c1-17-14(10-5-3-2-4-6-10)12(16)9-13-11(15)7-8-18-13/h7-8,10,14H,2-6,9H2,1H3. The van der Waals surface area contributed by atoms with E-state index in [0.717, 1.165) is 22.2 Å². The molecule has 0 aromatic carbocycles. The van der Waals surface area contributed by atoms with Crippen LogP contribution in [-0.4, -0.2) is 19.0 Å². The fourth-order valence-electron chi connectivity index (χ4n) is 2.73. The summed E-state index contributed by atoms with van der Waals surface area (Å²) in [7, 11) is 1.67.